The number of halogens is 1. The van der Waals surface area contributed by atoms with Crippen molar-refractivity contribution in [3.8, 4) is 29.0 Å². The highest BCUT2D eigenvalue weighted by molar-refractivity contribution is 6.30. The topological polar surface area (TPSA) is 45.9 Å². The highest BCUT2D eigenvalue weighted by atomic mass is 35.5. The first-order chi connectivity index (χ1) is 10.8. The van der Waals surface area contributed by atoms with Crippen LogP contribution in [0.1, 0.15) is 5.56 Å². The summed E-state index contributed by atoms with van der Waals surface area (Å²) >= 11 is 5.90. The molecular formula is C18H11ClN2O. The molecule has 0 aliphatic heterocycles. The van der Waals surface area contributed by atoms with Crippen molar-refractivity contribution in [2.24, 2.45) is 0 Å². The summed E-state index contributed by atoms with van der Waals surface area (Å²) in [5.74, 6) is 0.931. The third-order valence-electron chi connectivity index (χ3n) is 3.08. The van der Waals surface area contributed by atoms with Crippen LogP contribution in [-0.2, 0) is 0 Å². The minimum absolute atomic E-state index is 0.293. The summed E-state index contributed by atoms with van der Waals surface area (Å²) in [7, 11) is 0. The average Bonchev–Trinajstić information content (AvgIpc) is 2.56. The van der Waals surface area contributed by atoms with E-state index in [2.05, 4.69) is 11.1 Å². The van der Waals surface area contributed by atoms with Crippen LogP contribution < -0.4 is 4.74 Å². The maximum Gasteiger partial charge on any atom is 0.237 e. The lowest BCUT2D eigenvalue weighted by atomic mass is 10.1. The van der Waals surface area contributed by atoms with Gasteiger partial charge in [-0.2, -0.15) is 5.26 Å². The monoisotopic (exact) mass is 306 g/mol. The largest absolute Gasteiger partial charge is 0.438 e. The van der Waals surface area contributed by atoms with E-state index in [1.54, 1.807) is 24.3 Å². The number of nitriles is 1. The summed E-state index contributed by atoms with van der Waals surface area (Å²) in [5, 5.41) is 9.87. The summed E-state index contributed by atoms with van der Waals surface area (Å²) < 4.78 is 5.73. The van der Waals surface area contributed by atoms with E-state index in [-0.39, 0.29) is 0 Å². The number of hydrogen-bond donors (Lipinski definition) is 0. The second-order valence-corrected chi connectivity index (χ2v) is 5.02. The van der Waals surface area contributed by atoms with Crippen molar-refractivity contribution in [1.29, 1.82) is 5.26 Å². The first-order valence-electron chi connectivity index (χ1n) is 6.66. The molecule has 0 bridgehead atoms. The van der Waals surface area contributed by atoms with Crippen LogP contribution in [0.2, 0.25) is 5.02 Å². The zero-order chi connectivity index (χ0) is 15.4. The molecular weight excluding hydrogens is 296 g/mol. The van der Waals surface area contributed by atoms with Gasteiger partial charge in [-0.15, -0.1) is 0 Å². The number of para-hydroxylation sites is 1. The zero-order valence-corrected chi connectivity index (χ0v) is 12.3. The molecule has 1 aromatic heterocycles. The number of pyridine rings is 1. The van der Waals surface area contributed by atoms with E-state index in [9.17, 15) is 5.26 Å². The third-order valence-corrected chi connectivity index (χ3v) is 3.33. The van der Waals surface area contributed by atoms with E-state index in [0.717, 1.165) is 11.3 Å². The van der Waals surface area contributed by atoms with Gasteiger partial charge in [0.2, 0.25) is 5.88 Å². The van der Waals surface area contributed by atoms with Crippen LogP contribution in [0.15, 0.2) is 66.7 Å². The molecule has 22 heavy (non-hydrogen) atoms. The number of benzene rings is 2. The second kappa shape index (κ2) is 6.30. The quantitative estimate of drug-likeness (QED) is 0.679. The molecule has 4 heteroatoms. The normalized spacial score (nSPS) is 10.0. The van der Waals surface area contributed by atoms with Crippen LogP contribution in [0.25, 0.3) is 11.3 Å². The molecule has 0 unspecified atom stereocenters. The van der Waals surface area contributed by atoms with Crippen molar-refractivity contribution in [3.63, 3.8) is 0 Å². The van der Waals surface area contributed by atoms with E-state index >= 15 is 0 Å². The first-order valence-corrected chi connectivity index (χ1v) is 7.04. The van der Waals surface area contributed by atoms with Gasteiger partial charge in [-0.3, -0.25) is 0 Å². The zero-order valence-electron chi connectivity index (χ0n) is 11.5. The molecule has 0 aliphatic carbocycles. The Labute approximate surface area is 133 Å². The second-order valence-electron chi connectivity index (χ2n) is 4.58. The number of hydrogen-bond acceptors (Lipinski definition) is 3. The summed E-state index contributed by atoms with van der Waals surface area (Å²) in [4.78, 5) is 4.45. The molecule has 0 aliphatic rings. The Bertz CT molecular complexity index is 824. The number of nitrogens with zero attached hydrogens (tertiary/aromatic N) is 2. The first kappa shape index (κ1) is 14.1. The molecule has 106 valence electrons. The minimum atomic E-state index is 0.293. The molecule has 3 nitrogen and oxygen atoms in total. The Morgan fingerprint density at radius 2 is 1.64 bits per heavy atom. The van der Waals surface area contributed by atoms with Crippen LogP contribution in [0.5, 0.6) is 11.6 Å². The van der Waals surface area contributed by atoms with Crippen LogP contribution in [-0.4, -0.2) is 4.98 Å². The van der Waals surface area contributed by atoms with E-state index in [4.69, 9.17) is 16.3 Å². The highest BCUT2D eigenvalue weighted by Gasteiger charge is 2.09. The van der Waals surface area contributed by atoms with Gasteiger partial charge in [-0.25, -0.2) is 4.98 Å². The van der Waals surface area contributed by atoms with Gasteiger partial charge in [0.15, 0.2) is 0 Å². The van der Waals surface area contributed by atoms with E-state index < -0.39 is 0 Å². The number of ether oxygens (including phenoxy) is 1. The standard InChI is InChI=1S/C18H11ClN2O/c19-15-9-6-13(7-10-15)17-11-8-14(12-20)18(21-17)22-16-4-2-1-3-5-16/h1-11H. The maximum atomic E-state index is 9.21. The maximum absolute atomic E-state index is 9.21. The van der Waals surface area contributed by atoms with E-state index in [1.165, 1.54) is 0 Å². The minimum Gasteiger partial charge on any atom is -0.438 e. The predicted molar refractivity (Wildman–Crippen MR) is 85.9 cm³/mol. The lowest BCUT2D eigenvalue weighted by molar-refractivity contribution is 0.462. The third kappa shape index (κ3) is 3.08. The van der Waals surface area contributed by atoms with Crippen LogP contribution in [0.4, 0.5) is 0 Å². The lowest BCUT2D eigenvalue weighted by Gasteiger charge is -2.08. The van der Waals surface area contributed by atoms with Crippen molar-refractivity contribution in [2.75, 3.05) is 0 Å². The van der Waals surface area contributed by atoms with Gasteiger partial charge < -0.3 is 4.74 Å². The predicted octanol–water partition coefficient (Wildman–Crippen LogP) is 5.07. The van der Waals surface area contributed by atoms with Gasteiger partial charge in [0.05, 0.1) is 5.69 Å². The summed E-state index contributed by atoms with van der Waals surface area (Å²) in [6.07, 6.45) is 0. The van der Waals surface area contributed by atoms with Gasteiger partial charge in [-0.1, -0.05) is 41.9 Å². The van der Waals surface area contributed by atoms with Crippen molar-refractivity contribution in [3.05, 3.63) is 77.3 Å². The molecule has 1 heterocycles. The fourth-order valence-corrected chi connectivity index (χ4v) is 2.11. The van der Waals surface area contributed by atoms with Crippen LogP contribution >= 0.6 is 11.6 Å². The van der Waals surface area contributed by atoms with Gasteiger partial charge in [0, 0.05) is 10.6 Å². The van der Waals surface area contributed by atoms with Gasteiger partial charge >= 0.3 is 0 Å². The SMILES string of the molecule is N#Cc1ccc(-c2ccc(Cl)cc2)nc1Oc1ccccc1. The Kier molecular flexibility index (Phi) is 4.04. The summed E-state index contributed by atoms with van der Waals surface area (Å²) in [6, 6.07) is 22.2. The Morgan fingerprint density at radius 1 is 0.909 bits per heavy atom. The number of aromatic nitrogens is 1. The Balaban J connectivity index is 1.99. The Hall–Kier alpha value is -2.83. The molecule has 0 atom stereocenters. The summed E-state index contributed by atoms with van der Waals surface area (Å²) in [6.45, 7) is 0. The molecule has 0 saturated carbocycles. The fourth-order valence-electron chi connectivity index (χ4n) is 1.98. The molecule has 0 N–H and O–H groups in total. The highest BCUT2D eigenvalue weighted by Crippen LogP contribution is 2.27. The molecule has 0 amide bonds. The van der Waals surface area contributed by atoms with Crippen molar-refractivity contribution >= 4 is 11.6 Å². The van der Waals surface area contributed by atoms with Crippen LogP contribution in [0, 0.1) is 11.3 Å². The van der Waals surface area contributed by atoms with Gasteiger partial charge in [0.1, 0.15) is 17.4 Å². The molecule has 3 aromatic rings. The summed E-state index contributed by atoms with van der Waals surface area (Å²) in [5.41, 5.74) is 2.02. The lowest BCUT2D eigenvalue weighted by Crippen LogP contribution is -1.94. The van der Waals surface area contributed by atoms with Crippen molar-refractivity contribution < 1.29 is 4.74 Å². The molecule has 0 saturated heterocycles. The van der Waals surface area contributed by atoms with E-state index in [0.29, 0.717) is 22.2 Å². The molecule has 0 fully saturated rings. The smallest absolute Gasteiger partial charge is 0.237 e. The molecule has 2 aromatic carbocycles. The molecule has 0 radical (unpaired) electrons. The Morgan fingerprint density at radius 3 is 2.32 bits per heavy atom. The number of rotatable bonds is 3. The average molecular weight is 307 g/mol. The molecule has 0 spiro atoms. The van der Waals surface area contributed by atoms with Crippen molar-refractivity contribution in [2.45, 2.75) is 0 Å². The van der Waals surface area contributed by atoms with E-state index in [1.807, 2.05) is 42.5 Å². The van der Waals surface area contributed by atoms with Crippen molar-refractivity contribution in [1.82, 2.24) is 4.98 Å². The fraction of sp³-hybridized carbons (Fsp3) is 0. The van der Waals surface area contributed by atoms with Gasteiger partial charge in [0.25, 0.3) is 0 Å². The molecule has 3 rings (SSSR count). The van der Waals surface area contributed by atoms with Gasteiger partial charge in [-0.05, 0) is 36.4 Å². The van der Waals surface area contributed by atoms with Crippen LogP contribution in [0.3, 0.4) is 0 Å².